The van der Waals surface area contributed by atoms with E-state index >= 15 is 0 Å². The van der Waals surface area contributed by atoms with Gasteiger partial charge in [0.2, 0.25) is 0 Å². The minimum atomic E-state index is 0.494. The normalized spacial score (nSPS) is 10.7. The molecule has 0 atom stereocenters. The summed E-state index contributed by atoms with van der Waals surface area (Å²) < 4.78 is 0. The standard InChI is InChI=1S/C16H16N4/c1-10-5-3-7-13(11(10)2)15-14(16(17)20-19-15)12-6-4-8-18-9-12/h3-9H,1-2H3,(H3,17,19,20). The number of hydrogen-bond acceptors (Lipinski definition) is 3. The van der Waals surface area contributed by atoms with Crippen molar-refractivity contribution >= 4 is 5.82 Å². The van der Waals surface area contributed by atoms with Crippen molar-refractivity contribution in [3.05, 3.63) is 53.9 Å². The Hall–Kier alpha value is -2.62. The summed E-state index contributed by atoms with van der Waals surface area (Å²) in [5, 5.41) is 7.22. The lowest BCUT2D eigenvalue weighted by Crippen LogP contribution is -1.91. The Morgan fingerprint density at radius 2 is 1.95 bits per heavy atom. The van der Waals surface area contributed by atoms with E-state index < -0.39 is 0 Å². The van der Waals surface area contributed by atoms with Gasteiger partial charge in [-0.3, -0.25) is 10.1 Å². The molecular weight excluding hydrogens is 248 g/mol. The zero-order chi connectivity index (χ0) is 14.1. The molecule has 20 heavy (non-hydrogen) atoms. The predicted molar refractivity (Wildman–Crippen MR) is 81.1 cm³/mol. The van der Waals surface area contributed by atoms with E-state index in [2.05, 4.69) is 41.2 Å². The molecule has 3 N–H and O–H groups in total. The van der Waals surface area contributed by atoms with Gasteiger partial charge in [-0.2, -0.15) is 5.10 Å². The molecule has 3 aromatic rings. The van der Waals surface area contributed by atoms with Crippen molar-refractivity contribution in [1.82, 2.24) is 15.2 Å². The SMILES string of the molecule is Cc1cccc(-c2[nH]nc(N)c2-c2cccnc2)c1C. The molecular formula is C16H16N4. The van der Waals surface area contributed by atoms with Crippen molar-refractivity contribution in [2.45, 2.75) is 13.8 Å². The quantitative estimate of drug-likeness (QED) is 0.746. The fraction of sp³-hybridized carbons (Fsp3) is 0.125. The van der Waals surface area contributed by atoms with Gasteiger partial charge >= 0.3 is 0 Å². The van der Waals surface area contributed by atoms with Crippen LogP contribution in [0, 0.1) is 13.8 Å². The first-order valence-electron chi connectivity index (χ1n) is 6.49. The highest BCUT2D eigenvalue weighted by Crippen LogP contribution is 2.36. The average molecular weight is 264 g/mol. The molecule has 0 aliphatic heterocycles. The van der Waals surface area contributed by atoms with E-state index in [9.17, 15) is 0 Å². The van der Waals surface area contributed by atoms with Crippen LogP contribution in [-0.2, 0) is 0 Å². The van der Waals surface area contributed by atoms with Crippen LogP contribution in [0.2, 0.25) is 0 Å². The molecule has 0 unspecified atom stereocenters. The molecule has 100 valence electrons. The summed E-state index contributed by atoms with van der Waals surface area (Å²) in [4.78, 5) is 4.16. The number of benzene rings is 1. The van der Waals surface area contributed by atoms with E-state index in [1.54, 1.807) is 12.4 Å². The minimum absolute atomic E-state index is 0.494. The molecule has 0 fully saturated rings. The number of aromatic amines is 1. The van der Waals surface area contributed by atoms with Crippen LogP contribution in [0.15, 0.2) is 42.7 Å². The predicted octanol–water partition coefficient (Wildman–Crippen LogP) is 3.34. The van der Waals surface area contributed by atoms with Crippen LogP contribution in [0.4, 0.5) is 5.82 Å². The Labute approximate surface area is 117 Å². The van der Waals surface area contributed by atoms with Gasteiger partial charge in [0.25, 0.3) is 0 Å². The fourth-order valence-corrected chi connectivity index (χ4v) is 2.38. The van der Waals surface area contributed by atoms with Crippen LogP contribution in [0.3, 0.4) is 0 Å². The van der Waals surface area contributed by atoms with E-state index in [0.717, 1.165) is 22.4 Å². The topological polar surface area (TPSA) is 67.6 Å². The molecule has 0 amide bonds. The van der Waals surface area contributed by atoms with Crippen LogP contribution in [-0.4, -0.2) is 15.2 Å². The molecule has 0 saturated heterocycles. The summed E-state index contributed by atoms with van der Waals surface area (Å²) in [5.74, 6) is 0.494. The summed E-state index contributed by atoms with van der Waals surface area (Å²) in [7, 11) is 0. The van der Waals surface area contributed by atoms with Crippen molar-refractivity contribution in [2.24, 2.45) is 0 Å². The first kappa shape index (κ1) is 12.4. The maximum Gasteiger partial charge on any atom is 0.153 e. The third-order valence-corrected chi connectivity index (χ3v) is 3.62. The number of nitrogens with one attached hydrogen (secondary N) is 1. The van der Waals surface area contributed by atoms with E-state index in [1.165, 1.54) is 11.1 Å². The lowest BCUT2D eigenvalue weighted by Gasteiger charge is -2.09. The van der Waals surface area contributed by atoms with Crippen LogP contribution in [0.25, 0.3) is 22.4 Å². The van der Waals surface area contributed by atoms with Gasteiger partial charge in [0.15, 0.2) is 5.82 Å². The lowest BCUT2D eigenvalue weighted by molar-refractivity contribution is 1.10. The third-order valence-electron chi connectivity index (χ3n) is 3.62. The minimum Gasteiger partial charge on any atom is -0.382 e. The lowest BCUT2D eigenvalue weighted by atomic mass is 9.96. The molecule has 3 rings (SSSR count). The number of hydrogen-bond donors (Lipinski definition) is 2. The molecule has 1 aromatic carbocycles. The number of nitrogens with zero attached hydrogens (tertiary/aromatic N) is 2. The summed E-state index contributed by atoms with van der Waals surface area (Å²) in [6.07, 6.45) is 3.55. The van der Waals surface area contributed by atoms with Gasteiger partial charge in [-0.1, -0.05) is 24.3 Å². The van der Waals surface area contributed by atoms with E-state index in [0.29, 0.717) is 5.82 Å². The smallest absolute Gasteiger partial charge is 0.153 e. The first-order valence-corrected chi connectivity index (χ1v) is 6.49. The highest BCUT2D eigenvalue weighted by atomic mass is 15.2. The van der Waals surface area contributed by atoms with E-state index in [4.69, 9.17) is 5.73 Å². The van der Waals surface area contributed by atoms with Crippen molar-refractivity contribution in [2.75, 3.05) is 5.73 Å². The molecule has 0 spiro atoms. The largest absolute Gasteiger partial charge is 0.382 e. The van der Waals surface area contributed by atoms with Crippen molar-refractivity contribution in [3.63, 3.8) is 0 Å². The van der Waals surface area contributed by atoms with E-state index in [-0.39, 0.29) is 0 Å². The van der Waals surface area contributed by atoms with Crippen molar-refractivity contribution < 1.29 is 0 Å². The summed E-state index contributed by atoms with van der Waals surface area (Å²) in [6.45, 7) is 4.21. The summed E-state index contributed by atoms with van der Waals surface area (Å²) >= 11 is 0. The van der Waals surface area contributed by atoms with Crippen LogP contribution < -0.4 is 5.73 Å². The van der Waals surface area contributed by atoms with Gasteiger partial charge in [0.1, 0.15) is 0 Å². The molecule has 0 saturated carbocycles. The van der Waals surface area contributed by atoms with Crippen LogP contribution in [0.1, 0.15) is 11.1 Å². The van der Waals surface area contributed by atoms with E-state index in [1.807, 2.05) is 18.2 Å². The monoisotopic (exact) mass is 264 g/mol. The Balaban J connectivity index is 2.24. The van der Waals surface area contributed by atoms with Gasteiger partial charge in [-0.25, -0.2) is 0 Å². The molecule has 4 heteroatoms. The maximum atomic E-state index is 6.03. The summed E-state index contributed by atoms with van der Waals surface area (Å²) in [6, 6.07) is 10.1. The molecule has 0 radical (unpaired) electrons. The Morgan fingerprint density at radius 3 is 2.70 bits per heavy atom. The second-order valence-electron chi connectivity index (χ2n) is 4.85. The number of aromatic nitrogens is 3. The average Bonchev–Trinajstić information content (AvgIpc) is 2.84. The number of H-pyrrole nitrogens is 1. The number of nitrogen functional groups attached to an aromatic ring is 1. The molecule has 0 aliphatic carbocycles. The zero-order valence-corrected chi connectivity index (χ0v) is 11.5. The van der Waals surface area contributed by atoms with Gasteiger partial charge in [-0.15, -0.1) is 0 Å². The van der Waals surface area contributed by atoms with Gasteiger partial charge in [-0.05, 0) is 31.0 Å². The molecule has 2 aromatic heterocycles. The number of pyridine rings is 1. The van der Waals surface area contributed by atoms with Gasteiger partial charge in [0.05, 0.1) is 11.3 Å². The van der Waals surface area contributed by atoms with Crippen LogP contribution >= 0.6 is 0 Å². The third kappa shape index (κ3) is 1.95. The Morgan fingerprint density at radius 1 is 1.10 bits per heavy atom. The molecule has 0 bridgehead atoms. The first-order chi connectivity index (χ1) is 9.68. The highest BCUT2D eigenvalue weighted by molar-refractivity contribution is 5.88. The summed E-state index contributed by atoms with van der Waals surface area (Å²) in [5.41, 5.74) is 12.4. The van der Waals surface area contributed by atoms with Gasteiger partial charge in [0, 0.05) is 23.5 Å². The number of anilines is 1. The molecule has 2 heterocycles. The fourth-order valence-electron chi connectivity index (χ4n) is 2.38. The zero-order valence-electron chi connectivity index (χ0n) is 11.5. The van der Waals surface area contributed by atoms with Gasteiger partial charge < -0.3 is 5.73 Å². The highest BCUT2D eigenvalue weighted by Gasteiger charge is 2.16. The van der Waals surface area contributed by atoms with Crippen molar-refractivity contribution in [1.29, 1.82) is 0 Å². The molecule has 4 nitrogen and oxygen atoms in total. The second kappa shape index (κ2) is 4.81. The van der Waals surface area contributed by atoms with Crippen molar-refractivity contribution in [3.8, 4) is 22.4 Å². The number of aryl methyl sites for hydroxylation is 1. The number of rotatable bonds is 2. The Bertz CT molecular complexity index is 744. The van der Waals surface area contributed by atoms with Crippen LogP contribution in [0.5, 0.6) is 0 Å². The Kier molecular flexibility index (Phi) is 2.99. The maximum absolute atomic E-state index is 6.03. The number of nitrogens with two attached hydrogens (primary N) is 1. The molecule has 0 aliphatic rings. The second-order valence-corrected chi connectivity index (χ2v) is 4.85.